The monoisotopic (exact) mass is 368 g/mol. The van der Waals surface area contributed by atoms with Gasteiger partial charge in [0.05, 0.1) is 12.2 Å². The number of ether oxygens (including phenoxy) is 1. The second kappa shape index (κ2) is 9.62. The van der Waals surface area contributed by atoms with Gasteiger partial charge < -0.3 is 10.5 Å². The van der Waals surface area contributed by atoms with Crippen molar-refractivity contribution in [3.63, 3.8) is 0 Å². The Kier molecular flexibility index (Phi) is 7.23. The summed E-state index contributed by atoms with van der Waals surface area (Å²) in [5, 5.41) is 7.82. The minimum atomic E-state index is -0.338. The highest BCUT2D eigenvalue weighted by atomic mass is 16.5. The van der Waals surface area contributed by atoms with Gasteiger partial charge in [-0.3, -0.25) is 15.2 Å². The molecule has 6 heteroatoms. The molecule has 0 spiro atoms. The number of nitrogens with zero attached hydrogens (tertiary/aromatic N) is 2. The van der Waals surface area contributed by atoms with Gasteiger partial charge in [0.1, 0.15) is 12.4 Å². The van der Waals surface area contributed by atoms with Crippen LogP contribution in [-0.2, 0) is 12.8 Å². The average Bonchev–Trinajstić information content (AvgIpc) is 2.70. The summed E-state index contributed by atoms with van der Waals surface area (Å²) in [4.78, 5) is 15.9. The van der Waals surface area contributed by atoms with Crippen LogP contribution in [0.4, 0.5) is 10.5 Å². The number of nitrogens with two attached hydrogens (primary N) is 1. The lowest BCUT2D eigenvalue weighted by Gasteiger charge is -2.29. The molecule has 27 heavy (non-hydrogen) atoms. The van der Waals surface area contributed by atoms with Crippen LogP contribution in [0, 0.1) is 5.41 Å². The Morgan fingerprint density at radius 1 is 1.04 bits per heavy atom. The largest absolute Gasteiger partial charge is 0.492 e. The average molecular weight is 368 g/mol. The van der Waals surface area contributed by atoms with Gasteiger partial charge in [0.15, 0.2) is 5.96 Å². The maximum Gasteiger partial charge on any atom is 0.331 e. The van der Waals surface area contributed by atoms with E-state index in [0.717, 1.165) is 29.7 Å². The van der Waals surface area contributed by atoms with Gasteiger partial charge in [0, 0.05) is 7.05 Å². The minimum absolute atomic E-state index is 0.198. The molecule has 0 aliphatic heterocycles. The third-order valence-electron chi connectivity index (χ3n) is 4.44. The van der Waals surface area contributed by atoms with E-state index >= 15 is 0 Å². The number of urea groups is 1. The molecular formula is C21H28N4O2. The van der Waals surface area contributed by atoms with Crippen LogP contribution >= 0.6 is 0 Å². The van der Waals surface area contributed by atoms with E-state index in [1.807, 2.05) is 48.5 Å². The van der Waals surface area contributed by atoms with Gasteiger partial charge in [-0.2, -0.15) is 0 Å². The quantitative estimate of drug-likeness (QED) is 0.578. The number of para-hydroxylation sites is 2. The molecule has 0 atom stereocenters. The molecule has 3 N–H and O–H groups in total. The van der Waals surface area contributed by atoms with Gasteiger partial charge in [-0.1, -0.05) is 50.2 Å². The van der Waals surface area contributed by atoms with Crippen LogP contribution in [-0.4, -0.2) is 37.1 Å². The molecule has 2 aromatic rings. The van der Waals surface area contributed by atoms with Crippen molar-refractivity contribution in [3.8, 4) is 5.75 Å². The lowest BCUT2D eigenvalue weighted by Crippen LogP contribution is -2.49. The number of hydrogen-bond donors (Lipinski definition) is 2. The number of nitrogens with one attached hydrogen (secondary N) is 1. The molecule has 0 saturated carbocycles. The van der Waals surface area contributed by atoms with Crippen LogP contribution in [0.15, 0.2) is 48.5 Å². The lowest BCUT2D eigenvalue weighted by molar-refractivity contribution is 0.216. The Balaban J connectivity index is 2.15. The molecule has 6 nitrogen and oxygen atoms in total. The summed E-state index contributed by atoms with van der Waals surface area (Å²) < 4.78 is 5.65. The fourth-order valence-corrected chi connectivity index (χ4v) is 3.01. The topological polar surface area (TPSA) is 82.7 Å². The summed E-state index contributed by atoms with van der Waals surface area (Å²) in [6, 6.07) is 15.1. The van der Waals surface area contributed by atoms with Crippen molar-refractivity contribution >= 4 is 17.7 Å². The van der Waals surface area contributed by atoms with Crippen molar-refractivity contribution in [2.75, 3.05) is 25.1 Å². The van der Waals surface area contributed by atoms with E-state index < -0.39 is 0 Å². The third kappa shape index (κ3) is 5.00. The first-order valence-electron chi connectivity index (χ1n) is 9.17. The second-order valence-electron chi connectivity index (χ2n) is 6.17. The number of carbonyl (C=O) groups is 1. The zero-order valence-electron chi connectivity index (χ0n) is 16.2. The Hall–Kier alpha value is -3.02. The van der Waals surface area contributed by atoms with Crippen molar-refractivity contribution in [2.45, 2.75) is 26.7 Å². The molecular weight excluding hydrogens is 340 g/mol. The van der Waals surface area contributed by atoms with Crippen LogP contribution in [0.25, 0.3) is 0 Å². The minimum Gasteiger partial charge on any atom is -0.492 e. The summed E-state index contributed by atoms with van der Waals surface area (Å²) in [6.45, 7) is 4.57. The number of anilines is 1. The molecule has 0 unspecified atom stereocenters. The molecule has 0 aromatic heterocycles. The SMILES string of the molecule is CCc1cccc(CC)c1N(C)C(=O)N(CCOc1ccccc1)C(=N)N. The van der Waals surface area contributed by atoms with Gasteiger partial charge in [0.25, 0.3) is 0 Å². The summed E-state index contributed by atoms with van der Waals surface area (Å²) in [7, 11) is 1.73. The Morgan fingerprint density at radius 3 is 2.15 bits per heavy atom. The standard InChI is InChI=1S/C21H28N4O2/c1-4-16-10-9-11-17(5-2)19(16)24(3)21(26)25(20(22)23)14-15-27-18-12-7-6-8-13-18/h6-13H,4-5,14-15H2,1-3H3,(H3,22,23). The second-order valence-corrected chi connectivity index (χ2v) is 6.17. The molecule has 144 valence electrons. The molecule has 2 rings (SSSR count). The first-order valence-corrected chi connectivity index (χ1v) is 9.17. The fraction of sp³-hybridized carbons (Fsp3) is 0.333. The first kappa shape index (κ1) is 20.3. The zero-order chi connectivity index (χ0) is 19.8. The van der Waals surface area contributed by atoms with Crippen molar-refractivity contribution in [2.24, 2.45) is 5.73 Å². The van der Waals surface area contributed by atoms with E-state index in [1.54, 1.807) is 11.9 Å². The van der Waals surface area contributed by atoms with Gasteiger partial charge in [0.2, 0.25) is 0 Å². The molecule has 2 amide bonds. The molecule has 0 bridgehead atoms. The molecule has 2 aromatic carbocycles. The molecule has 0 heterocycles. The maximum atomic E-state index is 13.0. The predicted molar refractivity (Wildman–Crippen MR) is 110 cm³/mol. The van der Waals surface area contributed by atoms with Crippen molar-refractivity contribution in [3.05, 3.63) is 59.7 Å². The predicted octanol–water partition coefficient (Wildman–Crippen LogP) is 3.64. The number of benzene rings is 2. The van der Waals surface area contributed by atoms with Gasteiger partial charge in [-0.25, -0.2) is 4.79 Å². The zero-order valence-corrected chi connectivity index (χ0v) is 16.2. The third-order valence-corrected chi connectivity index (χ3v) is 4.44. The number of guanidine groups is 1. The number of rotatable bonds is 7. The van der Waals surface area contributed by atoms with Crippen molar-refractivity contribution < 1.29 is 9.53 Å². The van der Waals surface area contributed by atoms with Gasteiger partial charge in [-0.15, -0.1) is 0 Å². The van der Waals surface area contributed by atoms with Crippen LogP contribution < -0.4 is 15.4 Å². The highest BCUT2D eigenvalue weighted by Gasteiger charge is 2.24. The lowest BCUT2D eigenvalue weighted by atomic mass is 10.0. The fourth-order valence-electron chi connectivity index (χ4n) is 3.01. The molecule has 0 aliphatic rings. The van der Waals surface area contributed by atoms with E-state index in [4.69, 9.17) is 15.9 Å². The van der Waals surface area contributed by atoms with Crippen LogP contribution in [0.1, 0.15) is 25.0 Å². The summed E-state index contributed by atoms with van der Waals surface area (Å²) in [6.07, 6.45) is 1.63. The van der Waals surface area contributed by atoms with Crippen LogP contribution in [0.2, 0.25) is 0 Å². The molecule has 0 aliphatic carbocycles. The van der Waals surface area contributed by atoms with Crippen LogP contribution in [0.3, 0.4) is 0 Å². The highest BCUT2D eigenvalue weighted by molar-refractivity contribution is 6.02. The Morgan fingerprint density at radius 2 is 1.63 bits per heavy atom. The maximum absolute atomic E-state index is 13.0. The number of aryl methyl sites for hydroxylation is 2. The Bertz CT molecular complexity index is 755. The van der Waals surface area contributed by atoms with Gasteiger partial charge >= 0.3 is 6.03 Å². The first-order chi connectivity index (χ1) is 13.0. The van der Waals surface area contributed by atoms with E-state index in [9.17, 15) is 4.79 Å². The van der Waals surface area contributed by atoms with Gasteiger partial charge in [-0.05, 0) is 36.1 Å². The van der Waals surface area contributed by atoms with Crippen LogP contribution in [0.5, 0.6) is 5.75 Å². The van der Waals surface area contributed by atoms with E-state index in [1.165, 1.54) is 4.90 Å². The smallest absolute Gasteiger partial charge is 0.331 e. The Labute approximate surface area is 161 Å². The molecule has 0 radical (unpaired) electrons. The summed E-state index contributed by atoms with van der Waals surface area (Å²) >= 11 is 0. The number of amides is 2. The van der Waals surface area contributed by atoms with E-state index in [2.05, 4.69) is 13.8 Å². The number of hydrogen-bond acceptors (Lipinski definition) is 3. The number of carbonyl (C=O) groups excluding carboxylic acids is 1. The summed E-state index contributed by atoms with van der Waals surface area (Å²) in [5.41, 5.74) is 8.76. The van der Waals surface area contributed by atoms with E-state index in [0.29, 0.717) is 5.75 Å². The molecule has 0 fully saturated rings. The highest BCUT2D eigenvalue weighted by Crippen LogP contribution is 2.27. The van der Waals surface area contributed by atoms with Crippen molar-refractivity contribution in [1.82, 2.24) is 4.90 Å². The summed E-state index contributed by atoms with van der Waals surface area (Å²) in [5.74, 6) is 0.418. The molecule has 0 saturated heterocycles. The normalized spacial score (nSPS) is 10.3. The van der Waals surface area contributed by atoms with E-state index in [-0.39, 0.29) is 25.1 Å². The van der Waals surface area contributed by atoms with Crippen molar-refractivity contribution in [1.29, 1.82) is 5.41 Å².